The molecule has 0 heterocycles. The average Bonchev–Trinajstić information content (AvgIpc) is 0. The van der Waals surface area contributed by atoms with Crippen LogP contribution in [0.1, 0.15) is 0 Å². The van der Waals surface area contributed by atoms with Gasteiger partial charge >= 0.3 is 0 Å². The molecule has 0 saturated heterocycles. The van der Waals surface area contributed by atoms with Gasteiger partial charge in [0.05, 0.1) is 0 Å². The number of rotatable bonds is 0. The van der Waals surface area contributed by atoms with Gasteiger partial charge in [0.2, 0.25) is 0 Å². The lowest BCUT2D eigenvalue weighted by molar-refractivity contribution is 0.823. The fourth-order valence-electron chi connectivity index (χ4n) is 0. The van der Waals surface area contributed by atoms with Gasteiger partial charge in [0.1, 0.15) is 0 Å². The molecule has 0 aromatic rings. The minimum Gasteiger partial charge on any atom is -0.870 e. The minimum absolute atomic E-state index is 0. The molecule has 0 fully saturated rings. The van der Waals surface area contributed by atoms with Crippen LogP contribution in [0.4, 0.5) is 0 Å². The molecule has 0 aromatic heterocycles. The van der Waals surface area contributed by atoms with Crippen molar-refractivity contribution in [2.24, 2.45) is 0 Å². The molecule has 3 N–H and O–H groups in total. The normalized spacial score (nSPS) is 0. The van der Waals surface area contributed by atoms with Gasteiger partial charge in [0.25, 0.3) is 0 Å². The van der Waals surface area contributed by atoms with Crippen molar-refractivity contribution in [1.29, 1.82) is 0 Å². The van der Waals surface area contributed by atoms with Gasteiger partial charge in [-0.25, -0.2) is 0 Å². The van der Waals surface area contributed by atoms with Crippen molar-refractivity contribution in [1.82, 2.24) is 0 Å². The van der Waals surface area contributed by atoms with Crippen LogP contribution >= 0.6 is 0 Å². The summed E-state index contributed by atoms with van der Waals surface area (Å²) >= 11 is 0. The number of hydrogen-bond donors (Lipinski definition) is 0. The Bertz CT molecular complexity index is 6.00. The summed E-state index contributed by atoms with van der Waals surface area (Å²) < 4.78 is 0. The van der Waals surface area contributed by atoms with Crippen LogP contribution in [0.15, 0.2) is 0 Å². The van der Waals surface area contributed by atoms with Crippen molar-refractivity contribution in [2.75, 3.05) is 0 Å². The molecule has 0 bridgehead atoms. The Morgan fingerprint density at radius 1 is 1.00 bits per heavy atom. The first-order chi connectivity index (χ1) is 0. The highest BCUT2D eigenvalue weighted by atomic mass is 27.0. The number of hydrogen-bond acceptors (Lipinski definition) is 1. The predicted octanol–water partition coefficient (Wildman–Crippen LogP) is -1.76. The molecule has 5 radical (unpaired) electrons. The van der Waals surface area contributed by atoms with Gasteiger partial charge in [-0.2, -0.15) is 0 Å². The van der Waals surface area contributed by atoms with E-state index in [1.165, 1.54) is 0 Å². The highest BCUT2D eigenvalue weighted by Crippen LogP contribution is -0.288. The molecule has 0 unspecified atom stereocenters. The SMILES string of the molecule is O.[Al].[Mg].[OH-]. The van der Waals surface area contributed by atoms with Crippen molar-refractivity contribution in [2.45, 2.75) is 0 Å². The molecule has 0 amide bonds. The van der Waals surface area contributed by atoms with Crippen LogP contribution in [0.5, 0.6) is 0 Å². The molecule has 0 aromatic carbocycles. The zero-order chi connectivity index (χ0) is 0. The quantitative estimate of drug-likeness (QED) is 0.322. The first-order valence-electron chi connectivity index (χ1n) is 0. The van der Waals surface area contributed by atoms with E-state index in [-0.39, 0.29) is 51.4 Å². The molecule has 0 aliphatic heterocycles. The summed E-state index contributed by atoms with van der Waals surface area (Å²) in [6, 6.07) is 0. The summed E-state index contributed by atoms with van der Waals surface area (Å²) in [6.45, 7) is 0. The highest BCUT2D eigenvalue weighted by Gasteiger charge is 0.00101. The molecule has 0 saturated carbocycles. The molecule has 2 nitrogen and oxygen atoms in total. The Labute approximate surface area is 51.5 Å². The van der Waals surface area contributed by atoms with Crippen LogP contribution in [0, 0.1) is 0 Å². The summed E-state index contributed by atoms with van der Waals surface area (Å²) in [6.07, 6.45) is 0. The standard InChI is InChI=1S/Al.Mg.2H2O/h;;2*1H2/p-1. The van der Waals surface area contributed by atoms with E-state index in [1.807, 2.05) is 0 Å². The minimum atomic E-state index is 0. The van der Waals surface area contributed by atoms with E-state index in [4.69, 9.17) is 0 Å². The lowest BCUT2D eigenvalue weighted by Crippen LogP contribution is -0.382. The van der Waals surface area contributed by atoms with E-state index in [9.17, 15) is 0 Å². The van der Waals surface area contributed by atoms with Crippen molar-refractivity contribution >= 4 is 40.4 Å². The molecule has 0 spiro atoms. The van der Waals surface area contributed by atoms with Gasteiger partial charge in [0.15, 0.2) is 0 Å². The fourth-order valence-corrected chi connectivity index (χ4v) is 0. The summed E-state index contributed by atoms with van der Waals surface area (Å²) in [5.74, 6) is 0. The summed E-state index contributed by atoms with van der Waals surface area (Å²) in [4.78, 5) is 0. The van der Waals surface area contributed by atoms with E-state index in [0.717, 1.165) is 0 Å². The maximum Gasteiger partial charge on any atom is 0 e. The Balaban J connectivity index is 0. The molecular weight excluding hydrogens is 83.3 g/mol. The highest BCUT2D eigenvalue weighted by molar-refractivity contribution is 5.76. The summed E-state index contributed by atoms with van der Waals surface area (Å²) in [5.41, 5.74) is 0. The lowest BCUT2D eigenvalue weighted by atomic mass is 16.0. The third kappa shape index (κ3) is 10.7. The molecule has 4 heavy (non-hydrogen) atoms. The Morgan fingerprint density at radius 3 is 1.00 bits per heavy atom. The summed E-state index contributed by atoms with van der Waals surface area (Å²) in [7, 11) is 0. The second-order valence-corrected chi connectivity index (χ2v) is 0. The smallest absolute Gasteiger partial charge is 0 e. The van der Waals surface area contributed by atoms with Crippen LogP contribution in [0.3, 0.4) is 0 Å². The maximum atomic E-state index is 0. The second-order valence-electron chi connectivity index (χ2n) is 0. The van der Waals surface area contributed by atoms with E-state index in [1.54, 1.807) is 0 Å². The third-order valence-electron chi connectivity index (χ3n) is 0. The Morgan fingerprint density at radius 2 is 1.00 bits per heavy atom. The van der Waals surface area contributed by atoms with Crippen molar-refractivity contribution < 1.29 is 11.0 Å². The van der Waals surface area contributed by atoms with Gasteiger partial charge in [-0.05, 0) is 0 Å². The van der Waals surface area contributed by atoms with E-state index in [0.29, 0.717) is 0 Å². The van der Waals surface area contributed by atoms with Gasteiger partial charge in [-0.15, -0.1) is 0 Å². The zero-order valence-corrected chi connectivity index (χ0v) is 4.80. The first-order valence-corrected chi connectivity index (χ1v) is 0. The molecular formula is H3AlMgO2-. The summed E-state index contributed by atoms with van der Waals surface area (Å²) in [5, 5.41) is 0. The van der Waals surface area contributed by atoms with Gasteiger partial charge in [-0.3, -0.25) is 0 Å². The fraction of sp³-hybridized carbons (Fsp3) is 0. The van der Waals surface area contributed by atoms with Gasteiger partial charge in [-0.1, -0.05) is 0 Å². The predicted molar refractivity (Wildman–Crippen MR) is 17.1 cm³/mol. The topological polar surface area (TPSA) is 61.5 Å². The largest absolute Gasteiger partial charge is 0.870 e. The average molecular weight is 86.3 g/mol. The zero-order valence-electron chi connectivity index (χ0n) is 2.23. The third-order valence-corrected chi connectivity index (χ3v) is 0. The van der Waals surface area contributed by atoms with E-state index in [2.05, 4.69) is 0 Å². The van der Waals surface area contributed by atoms with E-state index < -0.39 is 0 Å². The van der Waals surface area contributed by atoms with Crippen molar-refractivity contribution in [3.8, 4) is 0 Å². The lowest BCUT2D eigenvalue weighted by Gasteiger charge is -0.870. The van der Waals surface area contributed by atoms with Crippen molar-refractivity contribution in [3.05, 3.63) is 0 Å². The van der Waals surface area contributed by atoms with Crippen LogP contribution in [0.25, 0.3) is 0 Å². The van der Waals surface area contributed by atoms with Gasteiger partial charge in [0, 0.05) is 40.4 Å². The Hall–Kier alpha value is 1.22. The van der Waals surface area contributed by atoms with Gasteiger partial charge < -0.3 is 11.0 Å². The molecule has 0 aliphatic rings. The van der Waals surface area contributed by atoms with Crippen LogP contribution < -0.4 is 0 Å². The molecule has 4 heteroatoms. The molecule has 0 aliphatic carbocycles. The van der Waals surface area contributed by atoms with Crippen LogP contribution in [0.2, 0.25) is 0 Å². The second kappa shape index (κ2) is 29.4. The molecule has 0 atom stereocenters. The maximum absolute atomic E-state index is 0. The first kappa shape index (κ1) is 62.5. The Kier molecular flexibility index (Phi) is 460. The monoisotopic (exact) mass is 86.0 g/mol. The van der Waals surface area contributed by atoms with Crippen LogP contribution in [-0.4, -0.2) is 51.4 Å². The molecule has 0 rings (SSSR count). The van der Waals surface area contributed by atoms with Crippen LogP contribution in [-0.2, 0) is 0 Å². The van der Waals surface area contributed by atoms with E-state index >= 15 is 0 Å². The van der Waals surface area contributed by atoms with Crippen molar-refractivity contribution in [3.63, 3.8) is 0 Å². The molecule has 21 valence electrons.